The third-order valence-corrected chi connectivity index (χ3v) is 3.79. The highest BCUT2D eigenvalue weighted by molar-refractivity contribution is 5.77. The Kier molecular flexibility index (Phi) is 4.62. The van der Waals surface area contributed by atoms with Crippen LogP contribution in [0.2, 0.25) is 0 Å². The van der Waals surface area contributed by atoms with Gasteiger partial charge in [0.25, 0.3) is 0 Å². The van der Waals surface area contributed by atoms with Crippen molar-refractivity contribution in [1.82, 2.24) is 15.1 Å². The van der Waals surface area contributed by atoms with E-state index in [2.05, 4.69) is 10.4 Å². The van der Waals surface area contributed by atoms with E-state index in [0.717, 1.165) is 22.5 Å². The normalized spacial score (nSPS) is 12.1. The van der Waals surface area contributed by atoms with Crippen LogP contribution in [0, 0.1) is 6.92 Å². The highest BCUT2D eigenvalue weighted by Gasteiger charge is 2.14. The lowest BCUT2D eigenvalue weighted by atomic mass is 10.1. The summed E-state index contributed by atoms with van der Waals surface area (Å²) in [5.41, 5.74) is 9.74. The number of hydrogen-bond donors (Lipinski definition) is 2. The van der Waals surface area contributed by atoms with Gasteiger partial charge in [-0.3, -0.25) is 9.48 Å². The van der Waals surface area contributed by atoms with Gasteiger partial charge in [-0.05, 0) is 31.9 Å². The summed E-state index contributed by atoms with van der Waals surface area (Å²) in [6, 6.07) is 7.60. The van der Waals surface area contributed by atoms with Crippen LogP contribution in [0.1, 0.15) is 36.2 Å². The predicted molar refractivity (Wildman–Crippen MR) is 83.7 cm³/mol. The second-order valence-corrected chi connectivity index (χ2v) is 5.30. The van der Waals surface area contributed by atoms with E-state index in [9.17, 15) is 4.79 Å². The summed E-state index contributed by atoms with van der Waals surface area (Å²) < 4.78 is 1.81. The molecule has 1 amide bonds. The Morgan fingerprint density at radius 2 is 2.14 bits per heavy atom. The van der Waals surface area contributed by atoms with Crippen molar-refractivity contribution in [3.8, 4) is 0 Å². The Bertz CT molecular complexity index is 633. The molecular weight excluding hydrogens is 264 g/mol. The molecule has 1 atom stereocenters. The maximum atomic E-state index is 12.1. The SMILES string of the molecule is Cc1c(C(C)NC(=O)CCc2ccccc2N)cnn1C. The number of hydrogen-bond acceptors (Lipinski definition) is 3. The van der Waals surface area contributed by atoms with Gasteiger partial charge < -0.3 is 11.1 Å². The summed E-state index contributed by atoms with van der Waals surface area (Å²) >= 11 is 0. The molecule has 1 aromatic carbocycles. The number of aromatic nitrogens is 2. The highest BCUT2D eigenvalue weighted by atomic mass is 16.1. The van der Waals surface area contributed by atoms with Crippen molar-refractivity contribution in [3.05, 3.63) is 47.3 Å². The van der Waals surface area contributed by atoms with Crippen LogP contribution in [-0.2, 0) is 18.3 Å². The van der Waals surface area contributed by atoms with Crippen LogP contribution in [0.3, 0.4) is 0 Å². The zero-order valence-electron chi connectivity index (χ0n) is 12.8. The molecule has 0 radical (unpaired) electrons. The summed E-state index contributed by atoms with van der Waals surface area (Å²) in [5, 5.41) is 7.21. The minimum atomic E-state index is -0.0423. The fourth-order valence-electron chi connectivity index (χ4n) is 2.34. The number of aryl methyl sites for hydroxylation is 2. The molecule has 0 bridgehead atoms. The summed E-state index contributed by atoms with van der Waals surface area (Å²) in [5.74, 6) is 0.0222. The molecule has 2 aromatic rings. The fraction of sp³-hybridized carbons (Fsp3) is 0.375. The Morgan fingerprint density at radius 3 is 2.76 bits per heavy atom. The number of nitrogens with two attached hydrogens (primary N) is 1. The molecule has 0 aliphatic carbocycles. The van der Waals surface area contributed by atoms with Crippen LogP contribution in [0.15, 0.2) is 30.5 Å². The zero-order chi connectivity index (χ0) is 15.4. The topological polar surface area (TPSA) is 72.9 Å². The molecule has 3 N–H and O–H groups in total. The van der Waals surface area contributed by atoms with E-state index in [4.69, 9.17) is 5.73 Å². The average molecular weight is 286 g/mol. The van der Waals surface area contributed by atoms with Gasteiger partial charge in [-0.15, -0.1) is 0 Å². The molecular formula is C16H22N4O. The van der Waals surface area contributed by atoms with Crippen LogP contribution in [0.25, 0.3) is 0 Å². The largest absolute Gasteiger partial charge is 0.399 e. The lowest BCUT2D eigenvalue weighted by Gasteiger charge is -2.14. The number of carbonyl (C=O) groups excluding carboxylic acids is 1. The Labute approximate surface area is 125 Å². The number of amides is 1. The monoisotopic (exact) mass is 286 g/mol. The van der Waals surface area contributed by atoms with Crippen molar-refractivity contribution < 1.29 is 4.79 Å². The Hall–Kier alpha value is -2.30. The van der Waals surface area contributed by atoms with Crippen LogP contribution < -0.4 is 11.1 Å². The number of benzene rings is 1. The predicted octanol–water partition coefficient (Wildman–Crippen LogP) is 2.12. The second kappa shape index (κ2) is 6.43. The van der Waals surface area contributed by atoms with Gasteiger partial charge in [0.05, 0.1) is 12.2 Å². The van der Waals surface area contributed by atoms with E-state index in [1.54, 1.807) is 6.20 Å². The average Bonchev–Trinajstić information content (AvgIpc) is 2.78. The first-order valence-electron chi connectivity index (χ1n) is 7.10. The van der Waals surface area contributed by atoms with Gasteiger partial charge in [-0.25, -0.2) is 0 Å². The highest BCUT2D eigenvalue weighted by Crippen LogP contribution is 2.17. The fourth-order valence-corrected chi connectivity index (χ4v) is 2.34. The second-order valence-electron chi connectivity index (χ2n) is 5.30. The summed E-state index contributed by atoms with van der Waals surface area (Å²) in [4.78, 5) is 12.1. The molecule has 0 saturated heterocycles. The molecule has 1 heterocycles. The van der Waals surface area contributed by atoms with Gasteiger partial charge in [-0.2, -0.15) is 5.10 Å². The molecule has 1 unspecified atom stereocenters. The Balaban J connectivity index is 1.90. The van der Waals surface area contributed by atoms with Crippen molar-refractivity contribution in [2.75, 3.05) is 5.73 Å². The number of para-hydroxylation sites is 1. The van der Waals surface area contributed by atoms with Crippen molar-refractivity contribution in [3.63, 3.8) is 0 Å². The number of nitrogen functional groups attached to an aromatic ring is 1. The zero-order valence-corrected chi connectivity index (χ0v) is 12.8. The lowest BCUT2D eigenvalue weighted by molar-refractivity contribution is -0.121. The molecule has 112 valence electrons. The van der Waals surface area contributed by atoms with Crippen LogP contribution in [0.5, 0.6) is 0 Å². The van der Waals surface area contributed by atoms with Gasteiger partial charge in [0.15, 0.2) is 0 Å². The van der Waals surface area contributed by atoms with Crippen LogP contribution >= 0.6 is 0 Å². The lowest BCUT2D eigenvalue weighted by Crippen LogP contribution is -2.27. The number of nitrogens with zero attached hydrogens (tertiary/aromatic N) is 2. The van der Waals surface area contributed by atoms with Crippen molar-refractivity contribution in [2.24, 2.45) is 7.05 Å². The molecule has 5 nitrogen and oxygen atoms in total. The molecule has 2 rings (SSSR count). The minimum Gasteiger partial charge on any atom is -0.399 e. The molecule has 0 spiro atoms. The third-order valence-electron chi connectivity index (χ3n) is 3.79. The van der Waals surface area contributed by atoms with Gasteiger partial charge in [-0.1, -0.05) is 18.2 Å². The minimum absolute atomic E-state index is 0.0222. The van der Waals surface area contributed by atoms with E-state index in [1.807, 2.05) is 49.8 Å². The summed E-state index contributed by atoms with van der Waals surface area (Å²) in [6.45, 7) is 3.97. The first kappa shape index (κ1) is 15.1. The van der Waals surface area contributed by atoms with Crippen LogP contribution in [-0.4, -0.2) is 15.7 Å². The van der Waals surface area contributed by atoms with E-state index in [0.29, 0.717) is 12.8 Å². The molecule has 0 aliphatic rings. The standard InChI is InChI=1S/C16H22N4O/c1-11(14-10-18-20(3)12(14)2)19-16(21)9-8-13-6-4-5-7-15(13)17/h4-7,10-11H,8-9,17H2,1-3H3,(H,19,21). The number of nitrogens with one attached hydrogen (secondary N) is 1. The van der Waals surface area contributed by atoms with E-state index >= 15 is 0 Å². The Morgan fingerprint density at radius 1 is 1.43 bits per heavy atom. The number of carbonyl (C=O) groups is 1. The molecule has 0 aliphatic heterocycles. The van der Waals surface area contributed by atoms with Gasteiger partial charge >= 0.3 is 0 Å². The van der Waals surface area contributed by atoms with Crippen molar-refractivity contribution in [2.45, 2.75) is 32.7 Å². The van der Waals surface area contributed by atoms with Crippen LogP contribution in [0.4, 0.5) is 5.69 Å². The van der Waals surface area contributed by atoms with E-state index in [-0.39, 0.29) is 11.9 Å². The maximum Gasteiger partial charge on any atom is 0.220 e. The molecule has 21 heavy (non-hydrogen) atoms. The molecule has 0 saturated carbocycles. The number of anilines is 1. The molecule has 0 fully saturated rings. The maximum absolute atomic E-state index is 12.1. The van der Waals surface area contributed by atoms with E-state index < -0.39 is 0 Å². The summed E-state index contributed by atoms with van der Waals surface area (Å²) in [6.07, 6.45) is 2.88. The van der Waals surface area contributed by atoms with Gasteiger partial charge in [0, 0.05) is 30.4 Å². The molecule has 1 aromatic heterocycles. The number of rotatable bonds is 5. The van der Waals surface area contributed by atoms with Crippen molar-refractivity contribution >= 4 is 11.6 Å². The van der Waals surface area contributed by atoms with Gasteiger partial charge in [0.2, 0.25) is 5.91 Å². The third kappa shape index (κ3) is 3.62. The first-order chi connectivity index (χ1) is 9.99. The van der Waals surface area contributed by atoms with Gasteiger partial charge in [0.1, 0.15) is 0 Å². The first-order valence-corrected chi connectivity index (χ1v) is 7.10. The summed E-state index contributed by atoms with van der Waals surface area (Å²) in [7, 11) is 1.89. The molecule has 5 heteroatoms. The smallest absolute Gasteiger partial charge is 0.220 e. The van der Waals surface area contributed by atoms with E-state index in [1.165, 1.54) is 0 Å². The quantitative estimate of drug-likeness (QED) is 0.827. The van der Waals surface area contributed by atoms with Crippen molar-refractivity contribution in [1.29, 1.82) is 0 Å².